The molecule has 1 aliphatic heterocycles. The van der Waals surface area contributed by atoms with Gasteiger partial charge in [-0.1, -0.05) is 29.8 Å². The maximum Gasteiger partial charge on any atom is 0.263 e. The van der Waals surface area contributed by atoms with E-state index in [-0.39, 0.29) is 17.7 Å². The molecular formula is C20H23ClN2O3S. The number of amides is 2. The Morgan fingerprint density at radius 2 is 1.96 bits per heavy atom. The van der Waals surface area contributed by atoms with Gasteiger partial charge in [-0.05, 0) is 36.4 Å². The van der Waals surface area contributed by atoms with Gasteiger partial charge in [0.05, 0.1) is 16.4 Å². The molecule has 2 amide bonds. The Bertz CT molecular complexity index is 773. The molecule has 0 bridgehead atoms. The van der Waals surface area contributed by atoms with Crippen LogP contribution in [-0.4, -0.2) is 54.9 Å². The summed E-state index contributed by atoms with van der Waals surface area (Å²) >= 11 is 7.52. The van der Waals surface area contributed by atoms with Gasteiger partial charge in [0.25, 0.3) is 5.91 Å². The summed E-state index contributed by atoms with van der Waals surface area (Å²) in [6, 6.07) is 11.0. The molecule has 0 unspecified atom stereocenters. The Labute approximate surface area is 168 Å². The second-order valence-electron chi connectivity index (χ2n) is 6.58. The average molecular weight is 407 g/mol. The minimum atomic E-state index is -0.0392. The van der Waals surface area contributed by atoms with Gasteiger partial charge in [0, 0.05) is 26.1 Å². The summed E-state index contributed by atoms with van der Waals surface area (Å²) in [5.41, 5.74) is 0. The van der Waals surface area contributed by atoms with E-state index in [0.717, 1.165) is 4.88 Å². The lowest BCUT2D eigenvalue weighted by molar-refractivity contribution is -0.135. The van der Waals surface area contributed by atoms with Crippen LogP contribution in [0, 0.1) is 5.92 Å². The third kappa shape index (κ3) is 5.02. The summed E-state index contributed by atoms with van der Waals surface area (Å²) in [5.74, 6) is 0.765. The van der Waals surface area contributed by atoms with Crippen LogP contribution in [0.4, 0.5) is 0 Å². The van der Waals surface area contributed by atoms with E-state index in [0.29, 0.717) is 49.9 Å². The number of nitrogens with zero attached hydrogens (tertiary/aromatic N) is 2. The third-order valence-corrected chi connectivity index (χ3v) is 5.93. The second kappa shape index (κ2) is 9.24. The molecule has 0 saturated carbocycles. The van der Waals surface area contributed by atoms with Gasteiger partial charge in [-0.15, -0.1) is 11.3 Å². The number of piperidine rings is 1. The highest BCUT2D eigenvalue weighted by Gasteiger charge is 2.29. The highest BCUT2D eigenvalue weighted by atomic mass is 35.5. The number of benzene rings is 1. The first-order valence-corrected chi connectivity index (χ1v) is 10.3. The SMILES string of the molecule is CN(CCOc1ccccc1Cl)C(=O)C1CCN(C(=O)c2cccs2)CC1. The fourth-order valence-electron chi connectivity index (χ4n) is 3.16. The Hall–Kier alpha value is -2.05. The van der Waals surface area contributed by atoms with Crippen molar-refractivity contribution in [3.05, 3.63) is 51.7 Å². The minimum Gasteiger partial charge on any atom is -0.490 e. The number of carbonyl (C=O) groups excluding carboxylic acids is 2. The molecule has 27 heavy (non-hydrogen) atoms. The predicted molar refractivity (Wildman–Crippen MR) is 108 cm³/mol. The Morgan fingerprint density at radius 3 is 2.63 bits per heavy atom. The summed E-state index contributed by atoms with van der Waals surface area (Å²) in [4.78, 5) is 29.4. The van der Waals surface area contributed by atoms with Crippen molar-refractivity contribution in [2.75, 3.05) is 33.3 Å². The zero-order valence-corrected chi connectivity index (χ0v) is 16.8. The molecule has 2 aromatic rings. The number of halogens is 1. The number of hydrogen-bond acceptors (Lipinski definition) is 4. The number of likely N-dealkylation sites (N-methyl/N-ethyl adjacent to an activating group) is 1. The number of ether oxygens (including phenoxy) is 1. The summed E-state index contributed by atoms with van der Waals surface area (Å²) in [5, 5.41) is 2.47. The molecule has 1 saturated heterocycles. The fraction of sp³-hybridized carbons (Fsp3) is 0.400. The molecule has 0 spiro atoms. The molecule has 0 atom stereocenters. The van der Waals surface area contributed by atoms with Gasteiger partial charge in [-0.2, -0.15) is 0 Å². The predicted octanol–water partition coefficient (Wildman–Crippen LogP) is 3.79. The van der Waals surface area contributed by atoms with Gasteiger partial charge in [0.15, 0.2) is 0 Å². The molecule has 0 radical (unpaired) electrons. The minimum absolute atomic E-state index is 0.0392. The molecule has 5 nitrogen and oxygen atoms in total. The second-order valence-corrected chi connectivity index (χ2v) is 7.94. The molecule has 0 N–H and O–H groups in total. The smallest absolute Gasteiger partial charge is 0.263 e. The molecule has 0 aliphatic carbocycles. The zero-order valence-electron chi connectivity index (χ0n) is 15.3. The van der Waals surface area contributed by atoms with Crippen molar-refractivity contribution < 1.29 is 14.3 Å². The number of thiophene rings is 1. The van der Waals surface area contributed by atoms with Gasteiger partial charge in [0.2, 0.25) is 5.91 Å². The van der Waals surface area contributed by atoms with Gasteiger partial charge < -0.3 is 14.5 Å². The van der Waals surface area contributed by atoms with Crippen LogP contribution in [0.2, 0.25) is 5.02 Å². The highest BCUT2D eigenvalue weighted by Crippen LogP contribution is 2.24. The van der Waals surface area contributed by atoms with Crippen molar-refractivity contribution in [2.24, 2.45) is 5.92 Å². The Balaban J connectivity index is 1.43. The van der Waals surface area contributed by atoms with Gasteiger partial charge in [0.1, 0.15) is 12.4 Å². The van der Waals surface area contributed by atoms with Gasteiger partial charge in [-0.3, -0.25) is 9.59 Å². The number of carbonyl (C=O) groups is 2. The number of rotatable bonds is 6. The van der Waals surface area contributed by atoms with E-state index in [1.165, 1.54) is 11.3 Å². The lowest BCUT2D eigenvalue weighted by Gasteiger charge is -2.33. The maximum absolute atomic E-state index is 12.7. The van der Waals surface area contributed by atoms with Crippen molar-refractivity contribution in [3.8, 4) is 5.75 Å². The van der Waals surface area contributed by atoms with Crippen LogP contribution in [0.25, 0.3) is 0 Å². The van der Waals surface area contributed by atoms with Crippen LogP contribution in [0.5, 0.6) is 5.75 Å². The van der Waals surface area contributed by atoms with Crippen molar-refractivity contribution in [1.29, 1.82) is 0 Å². The molecule has 1 fully saturated rings. The summed E-state index contributed by atoms with van der Waals surface area (Å²) in [7, 11) is 1.79. The Morgan fingerprint density at radius 1 is 1.22 bits per heavy atom. The van der Waals surface area contributed by atoms with Crippen LogP contribution in [0.15, 0.2) is 41.8 Å². The molecule has 1 aromatic heterocycles. The van der Waals surface area contributed by atoms with Crippen molar-refractivity contribution in [3.63, 3.8) is 0 Å². The average Bonchev–Trinajstić information content (AvgIpc) is 3.23. The van der Waals surface area contributed by atoms with E-state index in [4.69, 9.17) is 16.3 Å². The standard InChI is InChI=1S/C20H23ClN2O3S/c1-22(12-13-26-17-6-3-2-5-16(17)21)19(24)15-8-10-23(11-9-15)20(25)18-7-4-14-27-18/h2-7,14-15H,8-13H2,1H3. The van der Waals surface area contributed by atoms with Gasteiger partial charge >= 0.3 is 0 Å². The lowest BCUT2D eigenvalue weighted by atomic mass is 9.95. The van der Waals surface area contributed by atoms with Crippen LogP contribution in [-0.2, 0) is 4.79 Å². The number of hydrogen-bond donors (Lipinski definition) is 0. The van der Waals surface area contributed by atoms with E-state index in [9.17, 15) is 9.59 Å². The fourth-order valence-corrected chi connectivity index (χ4v) is 4.04. The van der Waals surface area contributed by atoms with Crippen LogP contribution < -0.4 is 4.74 Å². The number of likely N-dealkylation sites (tertiary alicyclic amines) is 1. The van der Waals surface area contributed by atoms with E-state index in [1.807, 2.05) is 40.6 Å². The number of para-hydroxylation sites is 1. The van der Waals surface area contributed by atoms with Crippen LogP contribution in [0.3, 0.4) is 0 Å². The van der Waals surface area contributed by atoms with Crippen LogP contribution >= 0.6 is 22.9 Å². The van der Waals surface area contributed by atoms with E-state index in [1.54, 1.807) is 18.0 Å². The monoisotopic (exact) mass is 406 g/mol. The van der Waals surface area contributed by atoms with Crippen LogP contribution in [0.1, 0.15) is 22.5 Å². The van der Waals surface area contributed by atoms with E-state index >= 15 is 0 Å². The zero-order chi connectivity index (χ0) is 19.2. The molecule has 1 aliphatic rings. The molecule has 7 heteroatoms. The molecule has 144 valence electrons. The Kier molecular flexibility index (Phi) is 6.74. The van der Waals surface area contributed by atoms with Crippen molar-refractivity contribution >= 4 is 34.8 Å². The van der Waals surface area contributed by atoms with Gasteiger partial charge in [-0.25, -0.2) is 0 Å². The first-order chi connectivity index (χ1) is 13.1. The first kappa shape index (κ1) is 19.7. The molecular weight excluding hydrogens is 384 g/mol. The molecule has 2 heterocycles. The topological polar surface area (TPSA) is 49.9 Å². The van der Waals surface area contributed by atoms with Crippen molar-refractivity contribution in [1.82, 2.24) is 9.80 Å². The molecule has 1 aromatic carbocycles. The first-order valence-electron chi connectivity index (χ1n) is 9.01. The van der Waals surface area contributed by atoms with E-state index in [2.05, 4.69) is 0 Å². The quantitative estimate of drug-likeness (QED) is 0.733. The highest BCUT2D eigenvalue weighted by molar-refractivity contribution is 7.12. The maximum atomic E-state index is 12.7. The van der Waals surface area contributed by atoms with E-state index < -0.39 is 0 Å². The summed E-state index contributed by atoms with van der Waals surface area (Å²) < 4.78 is 5.66. The normalized spacial score (nSPS) is 14.8. The lowest BCUT2D eigenvalue weighted by Crippen LogP contribution is -2.44. The molecule has 3 rings (SSSR count). The summed E-state index contributed by atoms with van der Waals surface area (Å²) in [6.07, 6.45) is 1.40. The summed E-state index contributed by atoms with van der Waals surface area (Å²) in [6.45, 7) is 2.13. The van der Waals surface area contributed by atoms with Crippen molar-refractivity contribution in [2.45, 2.75) is 12.8 Å². The largest absolute Gasteiger partial charge is 0.490 e. The third-order valence-electron chi connectivity index (χ3n) is 4.76.